The number of furan rings is 2. The molecule has 3 aromatic heterocycles. The highest BCUT2D eigenvalue weighted by molar-refractivity contribution is 6.94. The lowest BCUT2D eigenvalue weighted by Crippen LogP contribution is -2.61. The maximum atomic E-state index is 7.53. The van der Waals surface area contributed by atoms with Gasteiger partial charge in [-0.1, -0.05) is 133 Å². The van der Waals surface area contributed by atoms with Gasteiger partial charge in [-0.3, -0.25) is 0 Å². The van der Waals surface area contributed by atoms with Crippen molar-refractivity contribution in [3.63, 3.8) is 0 Å². The van der Waals surface area contributed by atoms with Crippen LogP contribution in [0.15, 0.2) is 106 Å². The van der Waals surface area contributed by atoms with E-state index in [-0.39, 0.29) is 39.3 Å². The molecule has 0 bridgehead atoms. The molecule has 4 nitrogen and oxygen atoms in total. The van der Waals surface area contributed by atoms with Crippen molar-refractivity contribution < 1.29 is 8.83 Å². The summed E-state index contributed by atoms with van der Waals surface area (Å²) in [6.07, 6.45) is 4.64. The van der Waals surface area contributed by atoms with E-state index in [1.54, 1.807) is 0 Å². The molecule has 5 heterocycles. The van der Waals surface area contributed by atoms with Gasteiger partial charge in [-0.15, -0.1) is 0 Å². The molecular formula is C67H69BN2O2. The molecule has 0 spiro atoms. The van der Waals surface area contributed by atoms with E-state index >= 15 is 0 Å². The first kappa shape index (κ1) is 44.5. The summed E-state index contributed by atoms with van der Waals surface area (Å²) in [5, 5.41) is 7.29. The molecule has 0 saturated carbocycles. The van der Waals surface area contributed by atoms with Crippen molar-refractivity contribution in [1.29, 1.82) is 0 Å². The van der Waals surface area contributed by atoms with Crippen molar-refractivity contribution in [3.05, 3.63) is 136 Å². The van der Waals surface area contributed by atoms with Gasteiger partial charge >= 0.3 is 6.85 Å². The number of benzene rings is 7. The highest BCUT2D eigenvalue weighted by Gasteiger charge is 2.48. The summed E-state index contributed by atoms with van der Waals surface area (Å²) in [5.74, 6) is 0. The Hall–Kier alpha value is -6.20. The van der Waals surface area contributed by atoms with Crippen molar-refractivity contribution in [2.45, 2.75) is 162 Å². The third-order valence-corrected chi connectivity index (χ3v) is 18.9. The van der Waals surface area contributed by atoms with Gasteiger partial charge in [0.05, 0.1) is 22.1 Å². The molecule has 0 radical (unpaired) electrons. The van der Waals surface area contributed by atoms with Gasteiger partial charge in [0.15, 0.2) is 0 Å². The van der Waals surface area contributed by atoms with Gasteiger partial charge in [-0.25, -0.2) is 0 Å². The van der Waals surface area contributed by atoms with Crippen LogP contribution in [0.1, 0.15) is 162 Å². The molecule has 0 saturated heterocycles. The lowest BCUT2D eigenvalue weighted by molar-refractivity contribution is 0.332. The predicted octanol–water partition coefficient (Wildman–Crippen LogP) is 17.4. The van der Waals surface area contributed by atoms with Crippen LogP contribution in [-0.4, -0.2) is 11.4 Å². The van der Waals surface area contributed by atoms with Gasteiger partial charge in [0.1, 0.15) is 22.3 Å². The predicted molar refractivity (Wildman–Crippen MR) is 307 cm³/mol. The van der Waals surface area contributed by atoms with Crippen LogP contribution in [-0.2, 0) is 32.5 Å². The second kappa shape index (κ2) is 13.7. The van der Waals surface area contributed by atoms with E-state index in [1.807, 2.05) is 0 Å². The lowest BCUT2D eigenvalue weighted by atomic mass is 9.43. The van der Waals surface area contributed by atoms with Crippen molar-refractivity contribution in [1.82, 2.24) is 4.57 Å². The Morgan fingerprint density at radius 3 is 1.82 bits per heavy atom. The largest absolute Gasteiger partial charge is 0.456 e. The van der Waals surface area contributed by atoms with Gasteiger partial charge < -0.3 is 18.2 Å². The summed E-state index contributed by atoms with van der Waals surface area (Å²) in [6.45, 7) is 35.9. The van der Waals surface area contributed by atoms with E-state index in [9.17, 15) is 0 Å². The van der Waals surface area contributed by atoms with E-state index in [4.69, 9.17) is 8.83 Å². The van der Waals surface area contributed by atoms with Crippen LogP contribution in [0.2, 0.25) is 0 Å². The molecule has 0 fully saturated rings. The Labute approximate surface area is 425 Å². The van der Waals surface area contributed by atoms with Crippen LogP contribution in [0.3, 0.4) is 0 Å². The summed E-state index contributed by atoms with van der Waals surface area (Å²) >= 11 is 0. The summed E-state index contributed by atoms with van der Waals surface area (Å²) in [6, 6.07) is 38.4. The summed E-state index contributed by atoms with van der Waals surface area (Å²) < 4.78 is 17.3. The number of hydrogen-bond acceptors (Lipinski definition) is 3. The van der Waals surface area contributed by atoms with Crippen molar-refractivity contribution in [3.8, 4) is 16.8 Å². The fourth-order valence-corrected chi connectivity index (χ4v) is 14.3. The second-order valence-corrected chi connectivity index (χ2v) is 27.5. The molecule has 4 aliphatic rings. The number of aryl methyl sites for hydroxylation is 1. The third-order valence-electron chi connectivity index (χ3n) is 18.9. The van der Waals surface area contributed by atoms with E-state index in [0.29, 0.717) is 0 Å². The van der Waals surface area contributed by atoms with Crippen molar-refractivity contribution in [2.75, 3.05) is 4.81 Å². The highest BCUT2D eigenvalue weighted by Crippen LogP contribution is 2.55. The van der Waals surface area contributed by atoms with Gasteiger partial charge in [-0.05, 0) is 181 Å². The Morgan fingerprint density at radius 1 is 0.514 bits per heavy atom. The Kier molecular flexibility index (Phi) is 8.46. The smallest absolute Gasteiger partial charge is 0.333 e. The van der Waals surface area contributed by atoms with E-state index < -0.39 is 0 Å². The number of anilines is 2. The molecule has 0 unspecified atom stereocenters. The SMILES string of the molecule is Cc1cc2c(cc1N1B3c4c(cc5oc6ccccc6c5c4-n4c5ccc(C(C)(C)C)cc5c5cc(C(C)(C)C)cc3c54)-c3c1ccc1c3oc3cc4c(cc31)C(C)(C)CCC4(C)C)C(C)(C)CCC2(C)C. The molecule has 72 heavy (non-hydrogen) atoms. The van der Waals surface area contributed by atoms with E-state index in [1.165, 1.54) is 117 Å². The number of rotatable bonds is 1. The number of aromatic nitrogens is 1. The van der Waals surface area contributed by atoms with E-state index in [0.717, 1.165) is 52.5 Å². The molecule has 14 rings (SSSR count). The number of hydrogen-bond donors (Lipinski definition) is 0. The summed E-state index contributed by atoms with van der Waals surface area (Å²) in [7, 11) is 0. The average Bonchev–Trinajstić information content (AvgIpc) is 3.99. The van der Waals surface area contributed by atoms with Crippen molar-refractivity contribution in [2.24, 2.45) is 0 Å². The minimum atomic E-state index is -0.170. The summed E-state index contributed by atoms with van der Waals surface area (Å²) in [4.78, 5) is 2.77. The first-order valence-electron chi connectivity index (χ1n) is 27.0. The zero-order chi connectivity index (χ0) is 50.3. The fourth-order valence-electron chi connectivity index (χ4n) is 14.3. The minimum absolute atomic E-state index is 0.0172. The van der Waals surface area contributed by atoms with Crippen LogP contribution in [0.4, 0.5) is 11.4 Å². The maximum Gasteiger partial charge on any atom is 0.333 e. The first-order valence-corrected chi connectivity index (χ1v) is 27.0. The quantitative estimate of drug-likeness (QED) is 0.154. The minimum Gasteiger partial charge on any atom is -0.456 e. The molecule has 7 aromatic carbocycles. The van der Waals surface area contributed by atoms with Crippen molar-refractivity contribution >= 4 is 94.8 Å². The number of nitrogens with zero attached hydrogens (tertiary/aromatic N) is 2. The van der Waals surface area contributed by atoms with Gasteiger partial charge in [-0.2, -0.15) is 0 Å². The van der Waals surface area contributed by atoms with E-state index in [2.05, 4.69) is 210 Å². The van der Waals surface area contributed by atoms with Crippen LogP contribution in [0, 0.1) is 6.92 Å². The maximum absolute atomic E-state index is 7.53. The Balaban J connectivity index is 1.21. The first-order chi connectivity index (χ1) is 33.8. The number of para-hydroxylation sites is 1. The highest BCUT2D eigenvalue weighted by atomic mass is 16.3. The molecule has 0 N–H and O–H groups in total. The zero-order valence-corrected chi connectivity index (χ0v) is 45.4. The standard InChI is InChI=1S/C67H69BN2O2/c1-36-28-45-47(66(12,13)26-24-64(45,8)9)34-52(36)70-51-23-21-39-42-32-46-48(67(14,15)27-25-65(46,10)11)35-54(42)72-61(39)56(51)44-33-55-57(40-18-16-17-19-53(40)71-55)60-58(44)68(70)49-31-38(63(5,6)7)30-43-41-29-37(62(2,3)4)20-22-50(41)69(60)59(43)49/h16-23,28-35H,24-27H2,1-15H3. The Bertz CT molecular complexity index is 4090. The van der Waals surface area contributed by atoms with Gasteiger partial charge in [0.25, 0.3) is 0 Å². The monoisotopic (exact) mass is 945 g/mol. The van der Waals surface area contributed by atoms with Crippen LogP contribution < -0.4 is 15.7 Å². The summed E-state index contributed by atoms with van der Waals surface area (Å²) in [5.41, 5.74) is 24.8. The normalized spacial score (nSPS) is 18.4. The van der Waals surface area contributed by atoms with Gasteiger partial charge in [0, 0.05) is 43.9 Å². The molecule has 0 amide bonds. The van der Waals surface area contributed by atoms with Crippen LogP contribution >= 0.6 is 0 Å². The fraction of sp³-hybridized carbons (Fsp3) is 0.373. The molecule has 362 valence electrons. The number of fused-ring (bicyclic) bond motifs is 17. The molecular weight excluding hydrogens is 876 g/mol. The molecule has 0 atom stereocenters. The topological polar surface area (TPSA) is 34.5 Å². The molecule has 10 aromatic rings. The van der Waals surface area contributed by atoms with Gasteiger partial charge in [0.2, 0.25) is 0 Å². The molecule has 2 aliphatic carbocycles. The van der Waals surface area contributed by atoms with Crippen LogP contribution in [0.25, 0.3) is 82.5 Å². The van der Waals surface area contributed by atoms with Crippen LogP contribution in [0.5, 0.6) is 0 Å². The third kappa shape index (κ3) is 5.77. The Morgan fingerprint density at radius 2 is 1.14 bits per heavy atom. The second-order valence-electron chi connectivity index (χ2n) is 27.5. The molecule has 5 heteroatoms. The zero-order valence-electron chi connectivity index (χ0n) is 45.4. The lowest BCUT2D eigenvalue weighted by Gasteiger charge is -2.46. The molecule has 2 aliphatic heterocycles. The average molecular weight is 945 g/mol.